The molecule has 9 heteroatoms. The van der Waals surface area contributed by atoms with Crippen LogP contribution >= 0.6 is 0 Å². The van der Waals surface area contributed by atoms with E-state index in [1.807, 2.05) is 12.1 Å². The molecule has 0 spiro atoms. The van der Waals surface area contributed by atoms with E-state index in [1.165, 1.54) is 30.3 Å². The van der Waals surface area contributed by atoms with Crippen LogP contribution in [-0.2, 0) is 11.2 Å². The van der Waals surface area contributed by atoms with Crippen molar-refractivity contribution in [1.29, 1.82) is 0 Å². The summed E-state index contributed by atoms with van der Waals surface area (Å²) in [5, 5.41) is 5.63. The van der Waals surface area contributed by atoms with Crippen LogP contribution in [0, 0.1) is 11.6 Å². The number of cyclic esters (lactones) is 1. The molecule has 3 aromatic rings. The highest BCUT2D eigenvalue weighted by Crippen LogP contribution is 2.25. The Bertz CT molecular complexity index is 1360. The number of hydrogen-bond acceptors (Lipinski definition) is 5. The van der Waals surface area contributed by atoms with E-state index in [0.717, 1.165) is 16.8 Å². The Morgan fingerprint density at radius 3 is 2.67 bits per heavy atom. The fourth-order valence-corrected chi connectivity index (χ4v) is 4.29. The zero-order chi connectivity index (χ0) is 25.1. The number of alkyl carbamates (subject to hydrolysis) is 1. The van der Waals surface area contributed by atoms with E-state index in [2.05, 4.69) is 20.6 Å². The Kier molecular flexibility index (Phi) is 6.53. The Labute approximate surface area is 205 Å². The molecule has 1 saturated heterocycles. The third-order valence-corrected chi connectivity index (χ3v) is 6.11. The fourth-order valence-electron chi connectivity index (χ4n) is 4.29. The normalized spacial score (nSPS) is 17.6. The fraction of sp³-hybridized carbons (Fsp3) is 0.185. The molecule has 1 fully saturated rings. The van der Waals surface area contributed by atoms with Gasteiger partial charge in [0, 0.05) is 23.9 Å². The summed E-state index contributed by atoms with van der Waals surface area (Å²) in [6, 6.07) is 14.6. The Balaban J connectivity index is 1.42. The van der Waals surface area contributed by atoms with E-state index in [1.54, 1.807) is 30.5 Å². The molecule has 182 valence electrons. The molecule has 2 aromatic carbocycles. The second kappa shape index (κ2) is 10.1. The zero-order valence-electron chi connectivity index (χ0n) is 19.1. The van der Waals surface area contributed by atoms with Crippen LogP contribution < -0.4 is 10.6 Å². The molecule has 2 aliphatic rings. The Morgan fingerprint density at radius 2 is 1.94 bits per heavy atom. The van der Waals surface area contributed by atoms with Crippen molar-refractivity contribution in [2.45, 2.75) is 18.5 Å². The minimum atomic E-state index is -0.586. The van der Waals surface area contributed by atoms with Crippen LogP contribution in [0.25, 0.3) is 5.57 Å². The molecule has 2 atom stereocenters. The molecule has 3 heterocycles. The molecule has 5 rings (SSSR count). The SMILES string of the molecule is O=C1N[C@@H]([C@@H](Cc2ccccn2)NC(=O)c2cccc(F)c2C2=NCC(c3ccc(F)cc3)=C2)CO1. The number of hydrogen-bond donors (Lipinski definition) is 2. The molecular weight excluding hydrogens is 466 g/mol. The van der Waals surface area contributed by atoms with Crippen LogP contribution in [0.5, 0.6) is 0 Å². The molecule has 1 aromatic heterocycles. The van der Waals surface area contributed by atoms with Crippen molar-refractivity contribution in [3.05, 3.63) is 107 Å². The minimum Gasteiger partial charge on any atom is -0.447 e. The Morgan fingerprint density at radius 1 is 1.11 bits per heavy atom. The van der Waals surface area contributed by atoms with Crippen molar-refractivity contribution in [3.8, 4) is 0 Å². The number of halogens is 2. The average Bonchev–Trinajstić information content (AvgIpc) is 3.54. The lowest BCUT2D eigenvalue weighted by Gasteiger charge is -2.23. The standard InChI is InChI=1S/C27H22F2N4O3/c28-18-9-7-16(8-10-18)17-12-23(31-14-17)25-20(5-3-6-21(25)29)26(34)32-22(24-15-36-27(35)33-24)13-19-4-1-2-11-30-19/h1-12,22,24H,13-15H2,(H,32,34)(H,33,35)/t22-,24-/m1/s1. The molecule has 0 bridgehead atoms. The lowest BCUT2D eigenvalue weighted by Crippen LogP contribution is -2.50. The summed E-state index contributed by atoms with van der Waals surface area (Å²) in [7, 11) is 0. The lowest BCUT2D eigenvalue weighted by molar-refractivity contribution is 0.0926. The van der Waals surface area contributed by atoms with Gasteiger partial charge in [-0.05, 0) is 53.6 Å². The van der Waals surface area contributed by atoms with E-state index in [0.29, 0.717) is 12.1 Å². The van der Waals surface area contributed by atoms with Crippen LogP contribution in [0.4, 0.5) is 13.6 Å². The minimum absolute atomic E-state index is 0.0791. The summed E-state index contributed by atoms with van der Waals surface area (Å²) in [6.45, 7) is 0.368. The molecule has 2 aliphatic heterocycles. The third-order valence-electron chi connectivity index (χ3n) is 6.11. The number of aliphatic imine (C=N–C) groups is 1. The van der Waals surface area contributed by atoms with Crippen LogP contribution in [0.3, 0.4) is 0 Å². The predicted molar refractivity (Wildman–Crippen MR) is 130 cm³/mol. The summed E-state index contributed by atoms with van der Waals surface area (Å²) in [6.07, 6.45) is 3.12. The number of nitrogens with zero attached hydrogens (tertiary/aromatic N) is 2. The number of allylic oxidation sites excluding steroid dienone is 1. The smallest absolute Gasteiger partial charge is 0.407 e. The quantitative estimate of drug-likeness (QED) is 0.531. The second-order valence-corrected chi connectivity index (χ2v) is 8.49. The molecule has 2 amide bonds. The summed E-state index contributed by atoms with van der Waals surface area (Å²) in [5.41, 5.74) is 2.80. The topological polar surface area (TPSA) is 92.7 Å². The molecule has 2 N–H and O–H groups in total. The van der Waals surface area contributed by atoms with E-state index in [4.69, 9.17) is 4.74 Å². The van der Waals surface area contributed by atoms with Gasteiger partial charge in [0.1, 0.15) is 18.2 Å². The van der Waals surface area contributed by atoms with E-state index < -0.39 is 29.9 Å². The first kappa shape index (κ1) is 23.3. The van der Waals surface area contributed by atoms with Gasteiger partial charge in [0.05, 0.1) is 29.9 Å². The largest absolute Gasteiger partial charge is 0.447 e. The number of benzene rings is 2. The van der Waals surface area contributed by atoms with Gasteiger partial charge in [0.15, 0.2) is 0 Å². The number of amides is 2. The first-order chi connectivity index (χ1) is 17.5. The van der Waals surface area contributed by atoms with Crippen LogP contribution in [-0.4, -0.2) is 47.9 Å². The summed E-state index contributed by atoms with van der Waals surface area (Å²) >= 11 is 0. The summed E-state index contributed by atoms with van der Waals surface area (Å²) < 4.78 is 33.4. The van der Waals surface area contributed by atoms with Gasteiger partial charge in [-0.25, -0.2) is 13.6 Å². The molecule has 0 unspecified atom stereocenters. The van der Waals surface area contributed by atoms with Crippen LogP contribution in [0.1, 0.15) is 27.2 Å². The number of carbonyl (C=O) groups is 2. The Hall–Kier alpha value is -4.40. The van der Waals surface area contributed by atoms with Crippen LogP contribution in [0.2, 0.25) is 0 Å². The van der Waals surface area contributed by atoms with Crippen LogP contribution in [0.15, 0.2) is 77.9 Å². The molecular formula is C27H22F2N4O3. The number of aromatic nitrogens is 1. The van der Waals surface area contributed by atoms with Crippen molar-refractivity contribution in [3.63, 3.8) is 0 Å². The van der Waals surface area contributed by atoms with Crippen molar-refractivity contribution >= 4 is 23.3 Å². The van der Waals surface area contributed by atoms with Crippen molar-refractivity contribution in [2.75, 3.05) is 13.2 Å². The first-order valence-corrected chi connectivity index (χ1v) is 11.4. The van der Waals surface area contributed by atoms with Gasteiger partial charge in [0.2, 0.25) is 0 Å². The maximum Gasteiger partial charge on any atom is 0.407 e. The molecule has 7 nitrogen and oxygen atoms in total. The average molecular weight is 488 g/mol. The van der Waals surface area contributed by atoms with Crippen molar-refractivity contribution in [1.82, 2.24) is 15.6 Å². The van der Waals surface area contributed by atoms with Gasteiger partial charge < -0.3 is 15.4 Å². The van der Waals surface area contributed by atoms with E-state index in [-0.39, 0.29) is 30.1 Å². The monoisotopic (exact) mass is 488 g/mol. The van der Waals surface area contributed by atoms with Gasteiger partial charge >= 0.3 is 6.09 Å². The van der Waals surface area contributed by atoms with Gasteiger partial charge in [-0.15, -0.1) is 0 Å². The zero-order valence-corrected chi connectivity index (χ0v) is 19.1. The van der Waals surface area contributed by atoms with Gasteiger partial charge in [0.25, 0.3) is 5.91 Å². The summed E-state index contributed by atoms with van der Waals surface area (Å²) in [5.74, 6) is -1.45. The molecule has 0 saturated carbocycles. The molecule has 0 aliphatic carbocycles. The highest BCUT2D eigenvalue weighted by atomic mass is 19.1. The van der Waals surface area contributed by atoms with E-state index >= 15 is 4.39 Å². The molecule has 0 radical (unpaired) electrons. The highest BCUT2D eigenvalue weighted by Gasteiger charge is 2.33. The number of ether oxygens (including phenoxy) is 1. The first-order valence-electron chi connectivity index (χ1n) is 11.4. The number of rotatable bonds is 7. The summed E-state index contributed by atoms with van der Waals surface area (Å²) in [4.78, 5) is 33.8. The van der Waals surface area contributed by atoms with Gasteiger partial charge in [-0.1, -0.05) is 24.3 Å². The lowest BCUT2D eigenvalue weighted by atomic mass is 9.98. The van der Waals surface area contributed by atoms with E-state index in [9.17, 15) is 14.0 Å². The maximum absolute atomic E-state index is 15.1. The molecule has 36 heavy (non-hydrogen) atoms. The second-order valence-electron chi connectivity index (χ2n) is 8.49. The number of carbonyl (C=O) groups excluding carboxylic acids is 2. The number of pyridine rings is 1. The van der Waals surface area contributed by atoms with Gasteiger partial charge in [-0.3, -0.25) is 14.8 Å². The van der Waals surface area contributed by atoms with Crippen molar-refractivity contribution in [2.24, 2.45) is 4.99 Å². The van der Waals surface area contributed by atoms with Gasteiger partial charge in [-0.2, -0.15) is 0 Å². The van der Waals surface area contributed by atoms with Crippen molar-refractivity contribution < 1.29 is 23.1 Å². The third kappa shape index (κ3) is 5.00. The highest BCUT2D eigenvalue weighted by molar-refractivity contribution is 6.19. The predicted octanol–water partition coefficient (Wildman–Crippen LogP) is 3.70. The number of nitrogens with one attached hydrogen (secondary N) is 2. The maximum atomic E-state index is 15.1.